The molecule has 1 fully saturated rings. The van der Waals surface area contributed by atoms with Crippen molar-refractivity contribution in [1.82, 2.24) is 0 Å². The summed E-state index contributed by atoms with van der Waals surface area (Å²) in [5.41, 5.74) is 2.20. The molecule has 7 nitrogen and oxygen atoms in total. The SMILES string of the molecule is O=C(Nc1ccc(N2CCCC2=O)cc1)c1ccc(NS(=O)(=O)c2cccs2)cc1. The third-order valence-electron chi connectivity index (χ3n) is 4.67. The Morgan fingerprint density at radius 2 is 1.67 bits per heavy atom. The highest BCUT2D eigenvalue weighted by Gasteiger charge is 2.21. The molecule has 0 atom stereocenters. The number of nitrogens with zero attached hydrogens (tertiary/aromatic N) is 1. The first-order chi connectivity index (χ1) is 14.4. The maximum Gasteiger partial charge on any atom is 0.271 e. The third-order valence-corrected chi connectivity index (χ3v) is 7.45. The highest BCUT2D eigenvalue weighted by Crippen LogP contribution is 2.24. The second kappa shape index (κ2) is 8.29. The zero-order chi connectivity index (χ0) is 21.1. The first kappa shape index (κ1) is 20.1. The van der Waals surface area contributed by atoms with Crippen molar-refractivity contribution in [3.63, 3.8) is 0 Å². The minimum atomic E-state index is -3.63. The van der Waals surface area contributed by atoms with Gasteiger partial charge < -0.3 is 10.2 Å². The van der Waals surface area contributed by atoms with Gasteiger partial charge in [0.2, 0.25) is 5.91 Å². The van der Waals surface area contributed by atoms with Crippen molar-refractivity contribution in [2.75, 3.05) is 21.5 Å². The van der Waals surface area contributed by atoms with Crippen molar-refractivity contribution in [3.8, 4) is 0 Å². The van der Waals surface area contributed by atoms with Gasteiger partial charge in [0.1, 0.15) is 4.21 Å². The van der Waals surface area contributed by atoms with Gasteiger partial charge in [-0.1, -0.05) is 6.07 Å². The maximum atomic E-state index is 12.5. The number of thiophene rings is 1. The number of rotatable bonds is 6. The molecule has 0 radical (unpaired) electrons. The number of hydrogen-bond acceptors (Lipinski definition) is 5. The number of hydrogen-bond donors (Lipinski definition) is 2. The standard InChI is InChI=1S/C21H19N3O4S2/c25-19-3-1-13-24(19)18-11-9-16(10-12-18)22-21(26)15-5-7-17(8-6-15)23-30(27,28)20-4-2-14-29-20/h2,4-12,14,23H,1,3,13H2,(H,22,26). The molecule has 0 bridgehead atoms. The monoisotopic (exact) mass is 441 g/mol. The van der Waals surface area contributed by atoms with Crippen molar-refractivity contribution >= 4 is 50.2 Å². The summed E-state index contributed by atoms with van der Waals surface area (Å²) in [6.07, 6.45) is 1.43. The molecule has 0 saturated carbocycles. The zero-order valence-electron chi connectivity index (χ0n) is 15.9. The number of anilines is 3. The van der Waals surface area contributed by atoms with Crippen molar-refractivity contribution in [2.45, 2.75) is 17.1 Å². The minimum Gasteiger partial charge on any atom is -0.322 e. The summed E-state index contributed by atoms with van der Waals surface area (Å²) < 4.78 is 27.2. The third kappa shape index (κ3) is 4.37. The maximum absolute atomic E-state index is 12.5. The van der Waals surface area contributed by atoms with Crippen LogP contribution in [0.25, 0.3) is 0 Å². The molecule has 154 valence electrons. The Balaban J connectivity index is 1.40. The van der Waals surface area contributed by atoms with Crippen LogP contribution < -0.4 is 14.9 Å². The molecule has 1 aromatic heterocycles. The van der Waals surface area contributed by atoms with E-state index in [2.05, 4.69) is 10.0 Å². The van der Waals surface area contributed by atoms with Gasteiger partial charge in [0, 0.05) is 35.6 Å². The van der Waals surface area contributed by atoms with Gasteiger partial charge in [-0.3, -0.25) is 14.3 Å². The molecular weight excluding hydrogens is 422 g/mol. The second-order valence-electron chi connectivity index (χ2n) is 6.76. The lowest BCUT2D eigenvalue weighted by Crippen LogP contribution is -2.23. The van der Waals surface area contributed by atoms with Crippen LogP contribution in [0.3, 0.4) is 0 Å². The lowest BCUT2D eigenvalue weighted by atomic mass is 10.2. The van der Waals surface area contributed by atoms with E-state index in [1.165, 1.54) is 6.07 Å². The minimum absolute atomic E-state index is 0.113. The molecule has 9 heteroatoms. The van der Waals surface area contributed by atoms with Crippen molar-refractivity contribution in [3.05, 3.63) is 71.6 Å². The van der Waals surface area contributed by atoms with Gasteiger partial charge >= 0.3 is 0 Å². The molecule has 0 unspecified atom stereocenters. The first-order valence-corrected chi connectivity index (χ1v) is 11.7. The average Bonchev–Trinajstić information content (AvgIpc) is 3.41. The fraction of sp³-hybridized carbons (Fsp3) is 0.143. The van der Waals surface area contributed by atoms with Crippen LogP contribution >= 0.6 is 11.3 Å². The summed E-state index contributed by atoms with van der Waals surface area (Å²) in [5.74, 6) is -0.200. The van der Waals surface area contributed by atoms with E-state index >= 15 is 0 Å². The Morgan fingerprint density at radius 3 is 2.27 bits per heavy atom. The predicted molar refractivity (Wildman–Crippen MR) is 118 cm³/mol. The molecule has 1 saturated heterocycles. The Hall–Kier alpha value is -3.17. The highest BCUT2D eigenvalue weighted by molar-refractivity contribution is 7.94. The Bertz CT molecular complexity index is 1160. The van der Waals surface area contributed by atoms with Gasteiger partial charge in [-0.15, -0.1) is 11.3 Å². The topological polar surface area (TPSA) is 95.6 Å². The number of nitrogens with one attached hydrogen (secondary N) is 2. The zero-order valence-corrected chi connectivity index (χ0v) is 17.5. The van der Waals surface area contributed by atoms with Gasteiger partial charge in [-0.2, -0.15) is 0 Å². The van der Waals surface area contributed by atoms with Gasteiger partial charge in [0.25, 0.3) is 15.9 Å². The molecule has 2 amide bonds. The number of sulfonamides is 1. The molecular formula is C21H19N3O4S2. The van der Waals surface area contributed by atoms with Crippen LogP contribution in [-0.4, -0.2) is 26.8 Å². The van der Waals surface area contributed by atoms with Crippen LogP contribution in [-0.2, 0) is 14.8 Å². The molecule has 1 aliphatic rings. The molecule has 0 spiro atoms. The molecule has 2 N–H and O–H groups in total. The highest BCUT2D eigenvalue weighted by atomic mass is 32.2. The summed E-state index contributed by atoms with van der Waals surface area (Å²) in [4.78, 5) is 26.0. The van der Waals surface area contributed by atoms with E-state index in [0.29, 0.717) is 29.9 Å². The quantitative estimate of drug-likeness (QED) is 0.606. The van der Waals surface area contributed by atoms with Crippen LogP contribution in [0, 0.1) is 0 Å². The Labute approximate surface area is 178 Å². The van der Waals surface area contributed by atoms with Crippen molar-refractivity contribution < 1.29 is 18.0 Å². The van der Waals surface area contributed by atoms with E-state index in [1.54, 1.807) is 64.9 Å². The van der Waals surface area contributed by atoms with Crippen LogP contribution in [0.5, 0.6) is 0 Å². The van der Waals surface area contributed by atoms with E-state index in [4.69, 9.17) is 0 Å². The Kier molecular flexibility index (Phi) is 5.56. The predicted octanol–water partition coefficient (Wildman–Crippen LogP) is 3.93. The van der Waals surface area contributed by atoms with E-state index in [-0.39, 0.29) is 16.0 Å². The van der Waals surface area contributed by atoms with Crippen molar-refractivity contribution in [2.24, 2.45) is 0 Å². The summed E-state index contributed by atoms with van der Waals surface area (Å²) >= 11 is 1.13. The smallest absolute Gasteiger partial charge is 0.271 e. The average molecular weight is 442 g/mol. The molecule has 0 aliphatic carbocycles. The van der Waals surface area contributed by atoms with Gasteiger partial charge in [0.05, 0.1) is 0 Å². The molecule has 2 aromatic carbocycles. The van der Waals surface area contributed by atoms with Crippen molar-refractivity contribution in [1.29, 1.82) is 0 Å². The molecule has 2 heterocycles. The van der Waals surface area contributed by atoms with E-state index in [1.807, 2.05) is 0 Å². The van der Waals surface area contributed by atoms with Crippen LogP contribution in [0.4, 0.5) is 17.1 Å². The molecule has 1 aliphatic heterocycles. The van der Waals surface area contributed by atoms with Crippen LogP contribution in [0.2, 0.25) is 0 Å². The van der Waals surface area contributed by atoms with Gasteiger partial charge in [-0.25, -0.2) is 8.42 Å². The number of amides is 2. The number of benzene rings is 2. The number of carbonyl (C=O) groups excluding carboxylic acids is 2. The fourth-order valence-electron chi connectivity index (χ4n) is 3.16. The van der Waals surface area contributed by atoms with E-state index in [9.17, 15) is 18.0 Å². The van der Waals surface area contributed by atoms with Crippen LogP contribution in [0.15, 0.2) is 70.3 Å². The normalized spacial score (nSPS) is 14.0. The molecule has 30 heavy (non-hydrogen) atoms. The summed E-state index contributed by atoms with van der Waals surface area (Å²) in [6.45, 7) is 0.715. The summed E-state index contributed by atoms with van der Waals surface area (Å²) in [6, 6.07) is 16.5. The number of carbonyl (C=O) groups is 2. The van der Waals surface area contributed by atoms with E-state index in [0.717, 1.165) is 23.4 Å². The molecule has 3 aromatic rings. The Morgan fingerprint density at radius 1 is 0.967 bits per heavy atom. The summed E-state index contributed by atoms with van der Waals surface area (Å²) in [5, 5.41) is 4.49. The first-order valence-electron chi connectivity index (χ1n) is 9.30. The van der Waals surface area contributed by atoms with Gasteiger partial charge in [0.15, 0.2) is 0 Å². The van der Waals surface area contributed by atoms with Gasteiger partial charge in [-0.05, 0) is 66.4 Å². The second-order valence-corrected chi connectivity index (χ2v) is 9.62. The molecule has 4 rings (SSSR count). The lowest BCUT2D eigenvalue weighted by molar-refractivity contribution is -0.117. The lowest BCUT2D eigenvalue weighted by Gasteiger charge is -2.16. The van der Waals surface area contributed by atoms with E-state index < -0.39 is 10.0 Å². The van der Waals surface area contributed by atoms with Crippen LogP contribution in [0.1, 0.15) is 23.2 Å². The summed E-state index contributed by atoms with van der Waals surface area (Å²) in [7, 11) is -3.63. The fourth-order valence-corrected chi connectivity index (χ4v) is 5.21. The largest absolute Gasteiger partial charge is 0.322 e.